The molecule has 0 aromatic carbocycles. The number of rotatable bonds is 5. The fraction of sp³-hybridized carbons (Fsp3) is 0.231. The van der Waals surface area contributed by atoms with Crippen molar-refractivity contribution >= 4 is 34.5 Å². The third-order valence-electron chi connectivity index (χ3n) is 2.78. The van der Waals surface area contributed by atoms with E-state index in [1.165, 1.54) is 22.2 Å². The monoisotopic (exact) mass is 310 g/mol. The fourth-order valence-corrected chi connectivity index (χ4v) is 2.97. The van der Waals surface area contributed by atoms with Crippen molar-refractivity contribution < 1.29 is 4.79 Å². The Bertz CT molecular complexity index is 615. The van der Waals surface area contributed by atoms with E-state index in [0.29, 0.717) is 28.8 Å². The van der Waals surface area contributed by atoms with Gasteiger partial charge in [-0.25, -0.2) is 0 Å². The standard InChI is InChI=1S/C13H15ClN4OS/c1-3-6-18(8-9-4-5-11(14)20-9)13(19)12-10(15)7-16-17(12)2/h3-5,7H,1,6,8,15H2,2H3. The zero-order valence-electron chi connectivity index (χ0n) is 11.0. The number of amides is 1. The summed E-state index contributed by atoms with van der Waals surface area (Å²) in [6, 6.07) is 3.72. The minimum absolute atomic E-state index is 0.174. The maximum Gasteiger partial charge on any atom is 0.274 e. The molecule has 0 atom stereocenters. The first-order valence-corrected chi connectivity index (χ1v) is 7.14. The van der Waals surface area contributed by atoms with Crippen LogP contribution in [0.1, 0.15) is 15.4 Å². The molecule has 20 heavy (non-hydrogen) atoms. The van der Waals surface area contributed by atoms with E-state index in [-0.39, 0.29) is 5.91 Å². The Kier molecular flexibility index (Phi) is 4.46. The van der Waals surface area contributed by atoms with Crippen molar-refractivity contribution in [3.8, 4) is 0 Å². The van der Waals surface area contributed by atoms with E-state index in [1.54, 1.807) is 18.0 Å². The number of aromatic nitrogens is 2. The predicted molar refractivity (Wildman–Crippen MR) is 81.9 cm³/mol. The summed E-state index contributed by atoms with van der Waals surface area (Å²) in [6.07, 6.45) is 3.15. The summed E-state index contributed by atoms with van der Waals surface area (Å²) >= 11 is 7.36. The van der Waals surface area contributed by atoms with Gasteiger partial charge in [-0.05, 0) is 12.1 Å². The fourth-order valence-electron chi connectivity index (χ4n) is 1.87. The van der Waals surface area contributed by atoms with E-state index in [2.05, 4.69) is 11.7 Å². The average Bonchev–Trinajstić information content (AvgIpc) is 2.95. The molecule has 2 aromatic rings. The van der Waals surface area contributed by atoms with Gasteiger partial charge in [0.2, 0.25) is 0 Å². The lowest BCUT2D eigenvalue weighted by atomic mass is 10.3. The van der Waals surface area contributed by atoms with Crippen LogP contribution in [0, 0.1) is 0 Å². The van der Waals surface area contributed by atoms with Gasteiger partial charge in [-0.2, -0.15) is 5.10 Å². The van der Waals surface area contributed by atoms with Crippen LogP contribution in [0.3, 0.4) is 0 Å². The molecule has 0 aliphatic carbocycles. The van der Waals surface area contributed by atoms with Crippen LogP contribution in [0.2, 0.25) is 4.34 Å². The molecule has 2 heterocycles. The Morgan fingerprint density at radius 3 is 2.90 bits per heavy atom. The third-order valence-corrected chi connectivity index (χ3v) is 4.00. The number of anilines is 1. The number of nitrogens with zero attached hydrogens (tertiary/aromatic N) is 3. The van der Waals surface area contributed by atoms with Crippen LogP contribution in [-0.4, -0.2) is 27.1 Å². The zero-order chi connectivity index (χ0) is 14.7. The number of hydrogen-bond donors (Lipinski definition) is 1. The van der Waals surface area contributed by atoms with Gasteiger partial charge < -0.3 is 10.6 Å². The summed E-state index contributed by atoms with van der Waals surface area (Å²) in [5.41, 5.74) is 6.55. The number of nitrogens with two attached hydrogens (primary N) is 1. The molecule has 106 valence electrons. The molecular weight excluding hydrogens is 296 g/mol. The van der Waals surface area contributed by atoms with Crippen molar-refractivity contribution in [3.63, 3.8) is 0 Å². The highest BCUT2D eigenvalue weighted by Gasteiger charge is 2.21. The van der Waals surface area contributed by atoms with Crippen LogP contribution in [-0.2, 0) is 13.6 Å². The lowest BCUT2D eigenvalue weighted by Crippen LogP contribution is -2.32. The van der Waals surface area contributed by atoms with Crippen LogP contribution in [0.25, 0.3) is 0 Å². The first-order chi connectivity index (χ1) is 9.52. The minimum atomic E-state index is -0.174. The molecule has 0 unspecified atom stereocenters. The van der Waals surface area contributed by atoms with Gasteiger partial charge in [-0.15, -0.1) is 17.9 Å². The maximum atomic E-state index is 12.6. The highest BCUT2D eigenvalue weighted by Crippen LogP contribution is 2.23. The number of thiophene rings is 1. The molecule has 0 fully saturated rings. The predicted octanol–water partition coefficient (Wildman–Crippen LogP) is 2.55. The van der Waals surface area contributed by atoms with Crippen molar-refractivity contribution in [2.24, 2.45) is 7.05 Å². The van der Waals surface area contributed by atoms with Crippen molar-refractivity contribution in [2.75, 3.05) is 12.3 Å². The molecule has 0 aliphatic rings. The zero-order valence-corrected chi connectivity index (χ0v) is 12.6. The highest BCUT2D eigenvalue weighted by molar-refractivity contribution is 7.16. The molecule has 0 saturated carbocycles. The summed E-state index contributed by atoms with van der Waals surface area (Å²) in [4.78, 5) is 15.2. The molecule has 5 nitrogen and oxygen atoms in total. The van der Waals surface area contributed by atoms with Gasteiger partial charge in [-0.1, -0.05) is 17.7 Å². The number of carbonyl (C=O) groups excluding carboxylic acids is 1. The highest BCUT2D eigenvalue weighted by atomic mass is 35.5. The quantitative estimate of drug-likeness (QED) is 0.863. The Labute approximate surface area is 126 Å². The Morgan fingerprint density at radius 1 is 1.65 bits per heavy atom. The summed E-state index contributed by atoms with van der Waals surface area (Å²) in [7, 11) is 1.69. The average molecular weight is 311 g/mol. The van der Waals surface area contributed by atoms with Crippen LogP contribution < -0.4 is 5.73 Å². The normalized spacial score (nSPS) is 10.5. The van der Waals surface area contributed by atoms with Crippen LogP contribution in [0.15, 0.2) is 31.0 Å². The Morgan fingerprint density at radius 2 is 2.40 bits per heavy atom. The van der Waals surface area contributed by atoms with Crippen LogP contribution >= 0.6 is 22.9 Å². The van der Waals surface area contributed by atoms with E-state index >= 15 is 0 Å². The molecule has 0 bridgehead atoms. The molecule has 2 N–H and O–H groups in total. The Hall–Kier alpha value is -1.79. The molecular formula is C13H15ClN4OS. The first kappa shape index (κ1) is 14.6. The van der Waals surface area contributed by atoms with Gasteiger partial charge in [0.1, 0.15) is 5.69 Å². The first-order valence-electron chi connectivity index (χ1n) is 5.94. The second-order valence-corrected chi connectivity index (χ2v) is 6.05. The second kappa shape index (κ2) is 6.11. The number of carbonyl (C=O) groups is 1. The number of nitrogen functional groups attached to an aromatic ring is 1. The molecule has 2 rings (SSSR count). The van der Waals surface area contributed by atoms with Crippen molar-refractivity contribution in [1.82, 2.24) is 14.7 Å². The van der Waals surface area contributed by atoms with Crippen LogP contribution in [0.5, 0.6) is 0 Å². The number of aryl methyl sites for hydroxylation is 1. The lowest BCUT2D eigenvalue weighted by Gasteiger charge is -2.20. The molecule has 7 heteroatoms. The van der Waals surface area contributed by atoms with Crippen molar-refractivity contribution in [1.29, 1.82) is 0 Å². The van der Waals surface area contributed by atoms with E-state index in [9.17, 15) is 4.79 Å². The van der Waals surface area contributed by atoms with E-state index in [1.807, 2.05) is 12.1 Å². The molecule has 0 saturated heterocycles. The van der Waals surface area contributed by atoms with Gasteiger partial charge in [0.25, 0.3) is 5.91 Å². The van der Waals surface area contributed by atoms with E-state index in [0.717, 1.165) is 4.88 Å². The largest absolute Gasteiger partial charge is 0.396 e. The molecule has 2 aromatic heterocycles. The van der Waals surface area contributed by atoms with E-state index in [4.69, 9.17) is 17.3 Å². The van der Waals surface area contributed by atoms with Gasteiger partial charge in [0.05, 0.1) is 22.8 Å². The minimum Gasteiger partial charge on any atom is -0.396 e. The topological polar surface area (TPSA) is 64.2 Å². The SMILES string of the molecule is C=CCN(Cc1ccc(Cl)s1)C(=O)c1c(N)cnn1C. The molecule has 0 aliphatic heterocycles. The summed E-state index contributed by atoms with van der Waals surface area (Å²) in [5.74, 6) is -0.174. The summed E-state index contributed by atoms with van der Waals surface area (Å²) in [5, 5.41) is 3.99. The van der Waals surface area contributed by atoms with Gasteiger partial charge >= 0.3 is 0 Å². The molecule has 0 spiro atoms. The van der Waals surface area contributed by atoms with Gasteiger partial charge in [0, 0.05) is 18.5 Å². The summed E-state index contributed by atoms with van der Waals surface area (Å²) < 4.78 is 2.18. The van der Waals surface area contributed by atoms with Gasteiger partial charge in [-0.3, -0.25) is 9.48 Å². The molecule has 0 radical (unpaired) electrons. The van der Waals surface area contributed by atoms with Crippen LogP contribution in [0.4, 0.5) is 5.69 Å². The van der Waals surface area contributed by atoms with Gasteiger partial charge in [0.15, 0.2) is 0 Å². The smallest absolute Gasteiger partial charge is 0.274 e. The third kappa shape index (κ3) is 3.02. The second-order valence-electron chi connectivity index (χ2n) is 4.25. The molecule has 1 amide bonds. The number of hydrogen-bond acceptors (Lipinski definition) is 4. The Balaban J connectivity index is 2.24. The lowest BCUT2D eigenvalue weighted by molar-refractivity contribution is 0.0754. The van der Waals surface area contributed by atoms with Crippen molar-refractivity contribution in [2.45, 2.75) is 6.54 Å². The maximum absolute atomic E-state index is 12.6. The van der Waals surface area contributed by atoms with Crippen molar-refractivity contribution in [3.05, 3.63) is 45.9 Å². The number of halogens is 1. The summed E-state index contributed by atoms with van der Waals surface area (Å²) in [6.45, 7) is 4.58. The van der Waals surface area contributed by atoms with E-state index < -0.39 is 0 Å².